The molecular weight excluding hydrogens is 727 g/mol. The lowest BCUT2D eigenvalue weighted by atomic mass is 10.1. The van der Waals surface area contributed by atoms with Crippen molar-refractivity contribution < 1.29 is 65.5 Å². The molecular formula is C29H40ClN4O14PS. The minimum atomic E-state index is -4.76. The van der Waals surface area contributed by atoms with Gasteiger partial charge in [-0.2, -0.15) is 5.26 Å². The highest BCUT2D eigenvalue weighted by Crippen LogP contribution is 2.50. The lowest BCUT2D eigenvalue weighted by Crippen LogP contribution is -2.36. The molecule has 1 aliphatic heterocycles. The molecule has 2 aliphatic rings. The standard InChI is InChI=1S/C29H40ClN4O14PS/c1-16(2)46-28(37)42-13-44-49(39,45-14-43-29(38)47-17(3)4)15-50(40,41)12-21-23(35)24(36)27(48-21)34-10-9-19-22(32-18-7-5-6-8-18)20(11-31)25(30)33-26(19)34/h9-10,16-18,21,23-24,27,35-36H,5-8,12-15H2,1-4H3,(H,32,33)/t21-,23-,24-,27-/m1/s1. The molecule has 0 spiro atoms. The van der Waals surface area contributed by atoms with Crippen molar-refractivity contribution in [2.75, 3.05) is 30.1 Å². The summed E-state index contributed by atoms with van der Waals surface area (Å²) in [6.07, 6.45) is -4.48. The smallest absolute Gasteiger partial charge is 0.432 e. The number of carbonyl (C=O) groups excluding carboxylic acids is 2. The fraction of sp³-hybridized carbons (Fsp3) is 0.655. The molecule has 1 saturated carbocycles. The van der Waals surface area contributed by atoms with Gasteiger partial charge in [0.1, 0.15) is 35.6 Å². The summed E-state index contributed by atoms with van der Waals surface area (Å²) in [5.41, 5.74) is -0.541. The highest BCUT2D eigenvalue weighted by atomic mass is 35.5. The molecule has 18 nitrogen and oxygen atoms in total. The number of nitrogens with zero attached hydrogens (tertiary/aromatic N) is 3. The first-order valence-electron chi connectivity index (χ1n) is 15.7. The third-order valence-electron chi connectivity index (χ3n) is 7.53. The molecule has 0 radical (unpaired) electrons. The van der Waals surface area contributed by atoms with Crippen molar-refractivity contribution in [1.82, 2.24) is 9.55 Å². The largest absolute Gasteiger partial charge is 0.510 e. The molecule has 2 aromatic heterocycles. The minimum absolute atomic E-state index is 0.105. The van der Waals surface area contributed by atoms with Crippen molar-refractivity contribution in [2.24, 2.45) is 0 Å². The Labute approximate surface area is 293 Å². The summed E-state index contributed by atoms with van der Waals surface area (Å²) in [5.74, 6) is -0.981. The van der Waals surface area contributed by atoms with E-state index in [4.69, 9.17) is 34.9 Å². The Morgan fingerprint density at radius 2 is 1.68 bits per heavy atom. The Balaban J connectivity index is 1.50. The molecule has 21 heteroatoms. The maximum absolute atomic E-state index is 13.5. The zero-order valence-electron chi connectivity index (χ0n) is 27.7. The van der Waals surface area contributed by atoms with Crippen LogP contribution in [0.1, 0.15) is 65.2 Å². The van der Waals surface area contributed by atoms with E-state index in [9.17, 15) is 38.0 Å². The number of fused-ring (bicyclic) bond motifs is 1. The fourth-order valence-electron chi connectivity index (χ4n) is 5.39. The Kier molecular flexibility index (Phi) is 13.4. The average Bonchev–Trinajstić information content (AvgIpc) is 3.73. The van der Waals surface area contributed by atoms with Gasteiger partial charge in [0.25, 0.3) is 0 Å². The van der Waals surface area contributed by atoms with Crippen LogP contribution in [0.3, 0.4) is 0 Å². The van der Waals surface area contributed by atoms with E-state index in [2.05, 4.69) is 25.8 Å². The molecule has 0 unspecified atom stereocenters. The number of hydrogen-bond donors (Lipinski definition) is 3. The van der Waals surface area contributed by atoms with Crippen molar-refractivity contribution in [1.29, 1.82) is 5.26 Å². The lowest BCUT2D eigenvalue weighted by Gasteiger charge is -2.20. The van der Waals surface area contributed by atoms with Crippen LogP contribution in [0.25, 0.3) is 11.0 Å². The highest BCUT2D eigenvalue weighted by molar-refractivity contribution is 7.97. The van der Waals surface area contributed by atoms with Gasteiger partial charge >= 0.3 is 19.9 Å². The van der Waals surface area contributed by atoms with E-state index in [0.29, 0.717) is 11.1 Å². The van der Waals surface area contributed by atoms with Gasteiger partial charge in [-0.1, -0.05) is 24.4 Å². The number of nitrogens with one attached hydrogen (secondary N) is 1. The SMILES string of the molecule is CC(C)OC(=O)OCOP(=O)(CS(=O)(=O)C[C@H]1O[C@@H](n2ccc3c(NC4CCCC4)c(C#N)c(Cl)nc32)[C@H](O)[C@@H]1O)OCOC(=O)OC(C)C. The second kappa shape index (κ2) is 16.9. The van der Waals surface area contributed by atoms with Gasteiger partial charge in [0.2, 0.25) is 13.6 Å². The number of aromatic nitrogens is 2. The molecule has 4 atom stereocenters. The average molecular weight is 767 g/mol. The maximum Gasteiger partial charge on any atom is 0.510 e. The number of nitriles is 1. The van der Waals surface area contributed by atoms with Crippen molar-refractivity contribution >= 4 is 58.1 Å². The molecule has 2 fully saturated rings. The summed E-state index contributed by atoms with van der Waals surface area (Å²) < 4.78 is 76.2. The summed E-state index contributed by atoms with van der Waals surface area (Å²) in [6.45, 7) is 4.05. The number of aliphatic hydroxyl groups excluding tert-OH is 2. The number of rotatable bonds is 15. The van der Waals surface area contributed by atoms with E-state index >= 15 is 0 Å². The third-order valence-corrected chi connectivity index (χ3v) is 12.5. The molecule has 0 bridgehead atoms. The van der Waals surface area contributed by atoms with Crippen LogP contribution < -0.4 is 5.32 Å². The van der Waals surface area contributed by atoms with Gasteiger partial charge in [-0.3, -0.25) is 13.6 Å². The first-order chi connectivity index (χ1) is 23.5. The van der Waals surface area contributed by atoms with Gasteiger partial charge < -0.3 is 43.8 Å². The van der Waals surface area contributed by atoms with Crippen LogP contribution in [0.2, 0.25) is 5.15 Å². The van der Waals surface area contributed by atoms with Crippen LogP contribution >= 0.6 is 19.2 Å². The van der Waals surface area contributed by atoms with Crippen LogP contribution in [0, 0.1) is 11.3 Å². The number of aliphatic hydroxyl groups is 2. The Bertz CT molecular complexity index is 1690. The summed E-state index contributed by atoms with van der Waals surface area (Å²) in [7, 11) is -9.29. The van der Waals surface area contributed by atoms with Gasteiger partial charge in [-0.05, 0) is 46.6 Å². The second-order valence-corrected chi connectivity index (χ2v) is 17.1. The predicted molar refractivity (Wildman–Crippen MR) is 175 cm³/mol. The van der Waals surface area contributed by atoms with Crippen LogP contribution in [0.4, 0.5) is 15.3 Å². The summed E-state index contributed by atoms with van der Waals surface area (Å²) in [4.78, 5) is 27.8. The zero-order chi connectivity index (χ0) is 36.8. The number of hydrogen-bond acceptors (Lipinski definition) is 17. The van der Waals surface area contributed by atoms with E-state index < -0.39 is 91.3 Å². The summed E-state index contributed by atoms with van der Waals surface area (Å²) >= 11 is 6.38. The monoisotopic (exact) mass is 766 g/mol. The fourth-order valence-corrected chi connectivity index (χ4v) is 9.82. The normalized spacial score (nSPS) is 21.4. The zero-order valence-corrected chi connectivity index (χ0v) is 30.2. The molecule has 1 aliphatic carbocycles. The maximum atomic E-state index is 13.5. The molecule has 1 saturated heterocycles. The number of anilines is 1. The Morgan fingerprint density at radius 1 is 1.10 bits per heavy atom. The lowest BCUT2D eigenvalue weighted by molar-refractivity contribution is -0.0297. The van der Waals surface area contributed by atoms with Gasteiger partial charge in [0, 0.05) is 17.6 Å². The second-order valence-electron chi connectivity index (χ2n) is 12.2. The molecule has 4 rings (SSSR count). The van der Waals surface area contributed by atoms with E-state index in [0.717, 1.165) is 25.7 Å². The molecule has 0 aromatic carbocycles. The Morgan fingerprint density at radius 3 is 2.22 bits per heavy atom. The Hall–Kier alpha value is -3.21. The van der Waals surface area contributed by atoms with Crippen LogP contribution in [-0.2, 0) is 47.1 Å². The minimum Gasteiger partial charge on any atom is -0.432 e. The van der Waals surface area contributed by atoms with E-state index in [1.54, 1.807) is 6.07 Å². The number of pyridine rings is 1. The quantitative estimate of drug-likeness (QED) is 0.0996. The van der Waals surface area contributed by atoms with Gasteiger partial charge in [0.05, 0.1) is 23.6 Å². The molecule has 50 heavy (non-hydrogen) atoms. The van der Waals surface area contributed by atoms with E-state index in [1.165, 1.54) is 38.5 Å². The third kappa shape index (κ3) is 10.2. The molecule has 3 heterocycles. The van der Waals surface area contributed by atoms with Gasteiger partial charge in [0.15, 0.2) is 26.7 Å². The summed E-state index contributed by atoms with van der Waals surface area (Å²) in [6, 6.07) is 3.81. The van der Waals surface area contributed by atoms with Gasteiger partial charge in [-0.15, -0.1) is 0 Å². The number of ether oxygens (including phenoxy) is 5. The summed E-state index contributed by atoms with van der Waals surface area (Å²) in [5, 5.41) is 35.4. The number of sulfone groups is 1. The van der Waals surface area contributed by atoms with E-state index in [-0.39, 0.29) is 22.4 Å². The molecule has 3 N–H and O–H groups in total. The number of carbonyl (C=O) groups is 2. The molecule has 278 valence electrons. The first-order valence-corrected chi connectivity index (χ1v) is 19.6. The van der Waals surface area contributed by atoms with Crippen LogP contribution in [0.5, 0.6) is 0 Å². The van der Waals surface area contributed by atoms with Crippen molar-refractivity contribution in [3.05, 3.63) is 23.0 Å². The number of halogens is 1. The highest BCUT2D eigenvalue weighted by Gasteiger charge is 2.47. The van der Waals surface area contributed by atoms with Crippen LogP contribution in [-0.4, -0.2) is 102 Å². The van der Waals surface area contributed by atoms with Crippen molar-refractivity contribution in [3.63, 3.8) is 0 Å². The van der Waals surface area contributed by atoms with Crippen molar-refractivity contribution in [2.45, 2.75) is 96.2 Å². The predicted octanol–water partition coefficient (Wildman–Crippen LogP) is 4.17. The van der Waals surface area contributed by atoms with Crippen LogP contribution in [0.15, 0.2) is 12.3 Å². The first kappa shape index (κ1) is 39.6. The molecule has 0 amide bonds. The van der Waals surface area contributed by atoms with Gasteiger partial charge in [-0.25, -0.2) is 23.0 Å². The van der Waals surface area contributed by atoms with Crippen molar-refractivity contribution in [3.8, 4) is 6.07 Å². The van der Waals surface area contributed by atoms with E-state index in [1.807, 2.05) is 0 Å². The topological polar surface area (TPSA) is 244 Å². The molecule has 2 aromatic rings.